The van der Waals surface area contributed by atoms with Gasteiger partial charge in [-0.15, -0.1) is 0 Å². The fourth-order valence-electron chi connectivity index (χ4n) is 2.75. The number of hydrogen-bond acceptors (Lipinski definition) is 4. The molecule has 2 rings (SSSR count). The van der Waals surface area contributed by atoms with E-state index in [1.165, 1.54) is 0 Å². The minimum atomic E-state index is -0.0348. The third kappa shape index (κ3) is 3.67. The van der Waals surface area contributed by atoms with Gasteiger partial charge >= 0.3 is 0 Å². The Kier molecular flexibility index (Phi) is 5.44. The van der Waals surface area contributed by atoms with Crippen LogP contribution in [0.5, 0.6) is 5.75 Å². The average Bonchev–Trinajstić information content (AvgIpc) is 2.48. The van der Waals surface area contributed by atoms with Crippen LogP contribution in [0.4, 0.5) is 5.69 Å². The third-order valence-electron chi connectivity index (χ3n) is 3.88. The molecule has 21 heavy (non-hydrogen) atoms. The van der Waals surface area contributed by atoms with Crippen molar-refractivity contribution in [3.05, 3.63) is 23.8 Å². The van der Waals surface area contributed by atoms with Crippen molar-refractivity contribution in [1.82, 2.24) is 4.90 Å². The lowest BCUT2D eigenvalue weighted by Crippen LogP contribution is -2.39. The number of rotatable bonds is 5. The number of benzene rings is 1. The van der Waals surface area contributed by atoms with E-state index >= 15 is 0 Å². The molecule has 0 aromatic heterocycles. The molecule has 0 spiro atoms. The predicted molar refractivity (Wildman–Crippen MR) is 82.5 cm³/mol. The van der Waals surface area contributed by atoms with Crippen LogP contribution < -0.4 is 10.5 Å². The molecule has 1 aliphatic heterocycles. The van der Waals surface area contributed by atoms with Crippen LogP contribution in [0, 0.1) is 5.92 Å². The number of carbonyl (C=O) groups is 1. The highest BCUT2D eigenvalue weighted by Gasteiger charge is 2.26. The van der Waals surface area contributed by atoms with Crippen molar-refractivity contribution in [2.24, 2.45) is 5.92 Å². The second-order valence-electron chi connectivity index (χ2n) is 5.34. The number of methoxy groups -OCH3 is 1. The molecular weight excluding hydrogens is 268 g/mol. The molecule has 1 amide bonds. The summed E-state index contributed by atoms with van der Waals surface area (Å²) >= 11 is 0. The first kappa shape index (κ1) is 15.6. The van der Waals surface area contributed by atoms with Gasteiger partial charge < -0.3 is 20.1 Å². The first-order valence-corrected chi connectivity index (χ1v) is 7.46. The Bertz CT molecular complexity index is 482. The van der Waals surface area contributed by atoms with Crippen molar-refractivity contribution < 1.29 is 14.3 Å². The van der Waals surface area contributed by atoms with Crippen LogP contribution in [0.25, 0.3) is 0 Å². The molecule has 1 saturated heterocycles. The van der Waals surface area contributed by atoms with Gasteiger partial charge in [0.05, 0.1) is 6.61 Å². The van der Waals surface area contributed by atoms with E-state index in [2.05, 4.69) is 0 Å². The van der Waals surface area contributed by atoms with Crippen LogP contribution >= 0.6 is 0 Å². The highest BCUT2D eigenvalue weighted by atomic mass is 16.5. The van der Waals surface area contributed by atoms with Gasteiger partial charge in [0.2, 0.25) is 0 Å². The maximum atomic E-state index is 12.7. The van der Waals surface area contributed by atoms with Crippen LogP contribution in [0.15, 0.2) is 18.2 Å². The number of nitrogen functional groups attached to an aromatic ring is 1. The van der Waals surface area contributed by atoms with Crippen molar-refractivity contribution in [3.63, 3.8) is 0 Å². The summed E-state index contributed by atoms with van der Waals surface area (Å²) < 4.78 is 10.7. The number of piperidine rings is 1. The summed E-state index contributed by atoms with van der Waals surface area (Å²) in [6.07, 6.45) is 1.94. The lowest BCUT2D eigenvalue weighted by Gasteiger charge is -2.32. The fourth-order valence-corrected chi connectivity index (χ4v) is 2.75. The molecule has 0 radical (unpaired) electrons. The molecular formula is C16H24N2O3. The molecule has 1 aromatic carbocycles. The standard InChI is InChI=1S/C16H24N2O3/c1-3-21-14-6-4-5-13(17)15(14)16(19)18-9-7-12(8-10-18)11-20-2/h4-6,12H,3,7-11,17H2,1-2H3. The number of nitrogens with two attached hydrogens (primary N) is 1. The van der Waals surface area contributed by atoms with E-state index in [1.54, 1.807) is 19.2 Å². The molecule has 1 heterocycles. The van der Waals surface area contributed by atoms with Gasteiger partial charge in [-0.3, -0.25) is 4.79 Å². The Morgan fingerprint density at radius 2 is 2.10 bits per heavy atom. The van der Waals surface area contributed by atoms with Crippen LogP contribution in [0.3, 0.4) is 0 Å². The predicted octanol–water partition coefficient (Wildman–Crippen LogP) is 2.17. The Morgan fingerprint density at radius 1 is 1.38 bits per heavy atom. The number of hydrogen-bond donors (Lipinski definition) is 1. The molecule has 0 saturated carbocycles. The average molecular weight is 292 g/mol. The minimum absolute atomic E-state index is 0.0348. The van der Waals surface area contributed by atoms with Crippen molar-refractivity contribution in [2.45, 2.75) is 19.8 Å². The van der Waals surface area contributed by atoms with Crippen molar-refractivity contribution in [2.75, 3.05) is 39.1 Å². The van der Waals surface area contributed by atoms with Crippen LogP contribution in [0.2, 0.25) is 0 Å². The summed E-state index contributed by atoms with van der Waals surface area (Å²) in [7, 11) is 1.72. The van der Waals surface area contributed by atoms with Gasteiger partial charge in [-0.1, -0.05) is 6.07 Å². The van der Waals surface area contributed by atoms with Crippen LogP contribution in [-0.2, 0) is 4.74 Å². The molecule has 1 fully saturated rings. The zero-order valence-corrected chi connectivity index (χ0v) is 12.8. The first-order chi connectivity index (χ1) is 10.2. The molecule has 5 nitrogen and oxygen atoms in total. The number of ether oxygens (including phenoxy) is 2. The van der Waals surface area contributed by atoms with Gasteiger partial charge in [0.15, 0.2) is 0 Å². The fraction of sp³-hybridized carbons (Fsp3) is 0.562. The molecule has 1 aliphatic rings. The third-order valence-corrected chi connectivity index (χ3v) is 3.88. The summed E-state index contributed by atoms with van der Waals surface area (Å²) in [5.41, 5.74) is 6.95. The number of carbonyl (C=O) groups excluding carboxylic acids is 1. The van der Waals surface area contributed by atoms with Crippen molar-refractivity contribution >= 4 is 11.6 Å². The van der Waals surface area contributed by atoms with E-state index in [0.29, 0.717) is 29.5 Å². The van der Waals surface area contributed by atoms with E-state index in [0.717, 1.165) is 32.5 Å². The molecule has 0 unspecified atom stereocenters. The summed E-state index contributed by atoms with van der Waals surface area (Å²) in [6.45, 7) is 4.66. The van der Waals surface area contributed by atoms with Gasteiger partial charge in [0.1, 0.15) is 11.3 Å². The smallest absolute Gasteiger partial charge is 0.259 e. The highest BCUT2D eigenvalue weighted by molar-refractivity contribution is 6.01. The summed E-state index contributed by atoms with van der Waals surface area (Å²) in [4.78, 5) is 14.6. The quantitative estimate of drug-likeness (QED) is 0.845. The van der Waals surface area contributed by atoms with Crippen LogP contribution in [-0.4, -0.2) is 44.2 Å². The Labute approximate surface area is 126 Å². The van der Waals surface area contributed by atoms with E-state index in [-0.39, 0.29) is 5.91 Å². The monoisotopic (exact) mass is 292 g/mol. The molecule has 116 valence electrons. The second kappa shape index (κ2) is 7.31. The van der Waals surface area contributed by atoms with Gasteiger partial charge in [-0.2, -0.15) is 0 Å². The lowest BCUT2D eigenvalue weighted by molar-refractivity contribution is 0.0611. The topological polar surface area (TPSA) is 64.8 Å². The molecule has 1 aromatic rings. The molecule has 2 N–H and O–H groups in total. The molecule has 0 bridgehead atoms. The minimum Gasteiger partial charge on any atom is -0.493 e. The summed E-state index contributed by atoms with van der Waals surface area (Å²) in [5, 5.41) is 0. The van der Waals surface area contributed by atoms with Crippen molar-refractivity contribution in [1.29, 1.82) is 0 Å². The zero-order chi connectivity index (χ0) is 15.2. The lowest BCUT2D eigenvalue weighted by atomic mass is 9.97. The van der Waals surface area contributed by atoms with E-state index in [9.17, 15) is 4.79 Å². The maximum absolute atomic E-state index is 12.7. The van der Waals surface area contributed by atoms with Crippen molar-refractivity contribution in [3.8, 4) is 5.75 Å². The van der Waals surface area contributed by atoms with E-state index < -0.39 is 0 Å². The summed E-state index contributed by atoms with van der Waals surface area (Å²) in [5.74, 6) is 1.08. The molecule has 5 heteroatoms. The van der Waals surface area contributed by atoms with Gasteiger partial charge in [-0.25, -0.2) is 0 Å². The van der Waals surface area contributed by atoms with E-state index in [4.69, 9.17) is 15.2 Å². The summed E-state index contributed by atoms with van der Waals surface area (Å²) in [6, 6.07) is 5.35. The number of anilines is 1. The van der Waals surface area contributed by atoms with Gasteiger partial charge in [0, 0.05) is 32.5 Å². The molecule has 0 aliphatic carbocycles. The first-order valence-electron chi connectivity index (χ1n) is 7.46. The second-order valence-corrected chi connectivity index (χ2v) is 5.34. The van der Waals surface area contributed by atoms with E-state index in [1.807, 2.05) is 17.9 Å². The maximum Gasteiger partial charge on any atom is 0.259 e. The van der Waals surface area contributed by atoms with Crippen LogP contribution in [0.1, 0.15) is 30.1 Å². The Hall–Kier alpha value is -1.75. The number of nitrogens with zero attached hydrogens (tertiary/aromatic N) is 1. The number of amides is 1. The van der Waals surface area contributed by atoms with Gasteiger partial charge in [0.25, 0.3) is 5.91 Å². The SMILES string of the molecule is CCOc1cccc(N)c1C(=O)N1CCC(COC)CC1. The molecule has 0 atom stereocenters. The Balaban J connectivity index is 2.10. The number of likely N-dealkylation sites (tertiary alicyclic amines) is 1. The highest BCUT2D eigenvalue weighted by Crippen LogP contribution is 2.28. The largest absolute Gasteiger partial charge is 0.493 e. The Morgan fingerprint density at radius 3 is 2.71 bits per heavy atom. The van der Waals surface area contributed by atoms with Gasteiger partial charge in [-0.05, 0) is 37.8 Å². The normalized spacial score (nSPS) is 16.0. The zero-order valence-electron chi connectivity index (χ0n) is 12.8.